The number of carboxylic acid groups (broad SMARTS) is 1. The number of nitrogens with zero attached hydrogens (tertiary/aromatic N) is 2. The number of likely N-dealkylation sites (tertiary alicyclic amines) is 1. The van der Waals surface area contributed by atoms with E-state index in [-0.39, 0.29) is 17.5 Å². The van der Waals surface area contributed by atoms with Crippen molar-refractivity contribution < 1.29 is 19.5 Å². The summed E-state index contributed by atoms with van der Waals surface area (Å²) in [4.78, 5) is 42.1. The highest BCUT2D eigenvalue weighted by Gasteiger charge is 2.45. The Balaban J connectivity index is 1.61. The van der Waals surface area contributed by atoms with E-state index in [0.29, 0.717) is 36.5 Å². The fraction of sp³-hybridized carbons (Fsp3) is 0.368. The standard InChI is InChI=1S/C19H21N3O4S/c1-19(9-5-11-22(19)16(23)13-6-3-2-4-7-13)18(26)20-10-8-15-21-14(12-27-15)17(24)25/h2-4,6-7,12H,5,8-11H2,1H3,(H,20,26)(H,24,25). The second-order valence-electron chi connectivity index (χ2n) is 6.64. The Morgan fingerprint density at radius 1 is 1.30 bits per heavy atom. The van der Waals surface area contributed by atoms with Crippen molar-refractivity contribution in [3.63, 3.8) is 0 Å². The molecular formula is C19H21N3O4S. The normalized spacial score (nSPS) is 19.1. The SMILES string of the molecule is CC1(C(=O)NCCc2nc(C(=O)O)cs2)CCCN1C(=O)c1ccccc1. The van der Waals surface area contributed by atoms with E-state index in [9.17, 15) is 14.4 Å². The zero-order chi connectivity index (χ0) is 19.4. The average molecular weight is 387 g/mol. The van der Waals surface area contributed by atoms with Crippen molar-refractivity contribution >= 4 is 29.1 Å². The fourth-order valence-electron chi connectivity index (χ4n) is 3.26. The maximum Gasteiger partial charge on any atom is 0.355 e. The first-order chi connectivity index (χ1) is 12.9. The van der Waals surface area contributed by atoms with Crippen LogP contribution in [0.25, 0.3) is 0 Å². The number of aromatic nitrogens is 1. The zero-order valence-corrected chi connectivity index (χ0v) is 15.8. The van der Waals surface area contributed by atoms with Gasteiger partial charge in [0.05, 0.1) is 5.01 Å². The fourth-order valence-corrected chi connectivity index (χ4v) is 4.03. The van der Waals surface area contributed by atoms with Gasteiger partial charge in [0.2, 0.25) is 5.91 Å². The molecule has 0 saturated carbocycles. The molecule has 1 aromatic carbocycles. The molecule has 2 aromatic rings. The largest absolute Gasteiger partial charge is 0.476 e. The van der Waals surface area contributed by atoms with Crippen LogP contribution in [-0.2, 0) is 11.2 Å². The van der Waals surface area contributed by atoms with Crippen LogP contribution in [0.5, 0.6) is 0 Å². The number of rotatable bonds is 6. The quantitative estimate of drug-likeness (QED) is 0.792. The summed E-state index contributed by atoms with van der Waals surface area (Å²) in [5, 5.41) is 13.9. The number of carbonyl (C=O) groups is 3. The topological polar surface area (TPSA) is 99.6 Å². The van der Waals surface area contributed by atoms with E-state index < -0.39 is 11.5 Å². The lowest BCUT2D eigenvalue weighted by molar-refractivity contribution is -0.129. The minimum Gasteiger partial charge on any atom is -0.476 e. The molecular weight excluding hydrogens is 366 g/mol. The van der Waals surface area contributed by atoms with Crippen LogP contribution in [0.3, 0.4) is 0 Å². The maximum absolute atomic E-state index is 12.8. The summed E-state index contributed by atoms with van der Waals surface area (Å²) >= 11 is 1.26. The van der Waals surface area contributed by atoms with Gasteiger partial charge >= 0.3 is 5.97 Å². The van der Waals surface area contributed by atoms with E-state index in [4.69, 9.17) is 5.11 Å². The van der Waals surface area contributed by atoms with Crippen molar-refractivity contribution in [2.24, 2.45) is 0 Å². The predicted molar refractivity (Wildman–Crippen MR) is 101 cm³/mol. The number of carboxylic acids is 1. The Morgan fingerprint density at radius 2 is 2.04 bits per heavy atom. The van der Waals surface area contributed by atoms with Crippen LogP contribution >= 0.6 is 11.3 Å². The van der Waals surface area contributed by atoms with Crippen LogP contribution in [0.15, 0.2) is 35.7 Å². The summed E-state index contributed by atoms with van der Waals surface area (Å²) < 4.78 is 0. The Hall–Kier alpha value is -2.74. The molecule has 0 bridgehead atoms. The molecule has 2 heterocycles. The molecule has 7 nitrogen and oxygen atoms in total. The lowest BCUT2D eigenvalue weighted by Crippen LogP contribution is -2.55. The Kier molecular flexibility index (Phi) is 5.55. The minimum atomic E-state index is -1.06. The van der Waals surface area contributed by atoms with Crippen LogP contribution in [-0.4, -0.2) is 51.4 Å². The lowest BCUT2D eigenvalue weighted by atomic mass is 9.96. The van der Waals surface area contributed by atoms with Crippen LogP contribution in [0, 0.1) is 0 Å². The number of aromatic carboxylic acids is 1. The van der Waals surface area contributed by atoms with Gasteiger partial charge in [-0.05, 0) is 31.9 Å². The number of benzene rings is 1. The second-order valence-corrected chi connectivity index (χ2v) is 7.58. The Labute approximate surface area is 161 Å². The summed E-state index contributed by atoms with van der Waals surface area (Å²) in [6.45, 7) is 2.68. The van der Waals surface area contributed by atoms with Crippen molar-refractivity contribution in [2.75, 3.05) is 13.1 Å². The molecule has 1 aromatic heterocycles. The first-order valence-corrected chi connectivity index (χ1v) is 9.63. The summed E-state index contributed by atoms with van der Waals surface area (Å²) in [6.07, 6.45) is 1.83. The molecule has 1 unspecified atom stereocenters. The molecule has 1 atom stereocenters. The monoisotopic (exact) mass is 387 g/mol. The minimum absolute atomic E-state index is 0.0173. The van der Waals surface area contributed by atoms with E-state index in [0.717, 1.165) is 6.42 Å². The molecule has 1 aliphatic rings. The van der Waals surface area contributed by atoms with Gasteiger partial charge in [0.25, 0.3) is 5.91 Å². The van der Waals surface area contributed by atoms with Gasteiger partial charge in [0.15, 0.2) is 5.69 Å². The highest BCUT2D eigenvalue weighted by atomic mass is 32.1. The third-order valence-electron chi connectivity index (χ3n) is 4.79. The molecule has 1 fully saturated rings. The van der Waals surface area contributed by atoms with E-state index in [1.165, 1.54) is 16.7 Å². The van der Waals surface area contributed by atoms with Crippen LogP contribution in [0.4, 0.5) is 0 Å². The predicted octanol–water partition coefficient (Wildman–Crippen LogP) is 2.19. The van der Waals surface area contributed by atoms with E-state index in [1.807, 2.05) is 6.07 Å². The number of thiazole rings is 1. The van der Waals surface area contributed by atoms with Gasteiger partial charge in [-0.1, -0.05) is 18.2 Å². The molecule has 2 N–H and O–H groups in total. The van der Waals surface area contributed by atoms with Gasteiger partial charge in [-0.25, -0.2) is 9.78 Å². The van der Waals surface area contributed by atoms with Crippen LogP contribution in [0.1, 0.15) is 45.6 Å². The first-order valence-electron chi connectivity index (χ1n) is 8.75. The zero-order valence-electron chi connectivity index (χ0n) is 15.0. The van der Waals surface area contributed by atoms with Gasteiger partial charge in [0, 0.05) is 30.5 Å². The van der Waals surface area contributed by atoms with Crippen molar-refractivity contribution in [1.82, 2.24) is 15.2 Å². The third kappa shape index (κ3) is 4.00. The Morgan fingerprint density at radius 3 is 2.70 bits per heavy atom. The lowest BCUT2D eigenvalue weighted by Gasteiger charge is -2.34. The van der Waals surface area contributed by atoms with E-state index in [2.05, 4.69) is 10.3 Å². The van der Waals surface area contributed by atoms with Crippen molar-refractivity contribution in [3.05, 3.63) is 52.0 Å². The summed E-state index contributed by atoms with van der Waals surface area (Å²) in [7, 11) is 0. The van der Waals surface area contributed by atoms with Crippen LogP contribution < -0.4 is 5.32 Å². The van der Waals surface area contributed by atoms with Crippen molar-refractivity contribution in [3.8, 4) is 0 Å². The highest BCUT2D eigenvalue weighted by Crippen LogP contribution is 2.30. The molecule has 27 heavy (non-hydrogen) atoms. The summed E-state index contributed by atoms with van der Waals surface area (Å²) in [5.41, 5.74) is -0.298. The maximum atomic E-state index is 12.8. The third-order valence-corrected chi connectivity index (χ3v) is 5.70. The summed E-state index contributed by atoms with van der Waals surface area (Å²) in [5.74, 6) is -1.40. The molecule has 1 aliphatic heterocycles. The number of nitrogens with one attached hydrogen (secondary N) is 1. The molecule has 142 valence electrons. The number of hydrogen-bond acceptors (Lipinski definition) is 5. The van der Waals surface area contributed by atoms with Crippen LogP contribution in [0.2, 0.25) is 0 Å². The first kappa shape index (κ1) is 19.0. The molecule has 1 saturated heterocycles. The van der Waals surface area contributed by atoms with Crippen molar-refractivity contribution in [2.45, 2.75) is 31.7 Å². The molecule has 0 aliphatic carbocycles. The molecule has 0 spiro atoms. The molecule has 3 rings (SSSR count). The average Bonchev–Trinajstić information content (AvgIpc) is 3.29. The van der Waals surface area contributed by atoms with Crippen molar-refractivity contribution in [1.29, 1.82) is 0 Å². The van der Waals surface area contributed by atoms with Gasteiger partial charge in [-0.3, -0.25) is 9.59 Å². The van der Waals surface area contributed by atoms with Gasteiger partial charge in [0.1, 0.15) is 5.54 Å². The van der Waals surface area contributed by atoms with E-state index >= 15 is 0 Å². The smallest absolute Gasteiger partial charge is 0.355 e. The molecule has 0 radical (unpaired) electrons. The van der Waals surface area contributed by atoms with E-state index in [1.54, 1.807) is 36.1 Å². The van der Waals surface area contributed by atoms with Gasteiger partial charge in [-0.2, -0.15) is 0 Å². The summed E-state index contributed by atoms with van der Waals surface area (Å²) in [6, 6.07) is 8.96. The highest BCUT2D eigenvalue weighted by molar-refractivity contribution is 7.09. The number of carbonyl (C=O) groups excluding carboxylic acids is 2. The van der Waals surface area contributed by atoms with Gasteiger partial charge in [-0.15, -0.1) is 11.3 Å². The van der Waals surface area contributed by atoms with Gasteiger partial charge < -0.3 is 15.3 Å². The molecule has 2 amide bonds. The number of hydrogen-bond donors (Lipinski definition) is 2. The Bertz CT molecular complexity index is 852. The number of amides is 2. The second kappa shape index (κ2) is 7.87. The molecule has 8 heteroatoms.